The van der Waals surface area contributed by atoms with Crippen LogP contribution in [0, 0.1) is 5.92 Å². The molecule has 2 fully saturated rings. The molecule has 2 N–H and O–H groups in total. The highest BCUT2D eigenvalue weighted by atomic mass is 32.2. The largest absolute Gasteiger partial charge is 0.307 e. The Morgan fingerprint density at radius 2 is 1.75 bits per heavy atom. The first-order chi connectivity index (χ1) is 17.0. The predicted octanol–water partition coefficient (Wildman–Crippen LogP) is 4.00. The molecule has 5 rings (SSSR count). The van der Waals surface area contributed by atoms with Gasteiger partial charge >= 0.3 is 0 Å². The Kier molecular flexibility index (Phi) is 6.41. The first-order valence-corrected chi connectivity index (χ1v) is 15.9. The minimum atomic E-state index is -3.74. The Hall–Kier alpha value is -2.43. The number of carbonyl (C=O) groups excluding carboxylic acids is 1. The van der Waals surface area contributed by atoms with Crippen molar-refractivity contribution in [3.05, 3.63) is 53.6 Å². The Bertz CT molecular complexity index is 1390. The number of hydrogen-bond donors (Lipinski definition) is 2. The van der Waals surface area contributed by atoms with Gasteiger partial charge in [-0.25, -0.2) is 21.6 Å². The van der Waals surface area contributed by atoms with Gasteiger partial charge in [-0.15, -0.1) is 0 Å². The van der Waals surface area contributed by atoms with E-state index in [9.17, 15) is 21.6 Å². The molecule has 194 valence electrons. The molecule has 1 aliphatic heterocycles. The summed E-state index contributed by atoms with van der Waals surface area (Å²) < 4.78 is 54.9. The summed E-state index contributed by atoms with van der Waals surface area (Å²) in [6.07, 6.45) is 8.24. The highest BCUT2D eigenvalue weighted by Gasteiger charge is 2.45. The molecule has 1 unspecified atom stereocenters. The number of hydrogen-bond acceptors (Lipinski definition) is 5. The van der Waals surface area contributed by atoms with Gasteiger partial charge in [-0.3, -0.25) is 9.52 Å². The maximum atomic E-state index is 13.8. The van der Waals surface area contributed by atoms with Crippen LogP contribution in [0.25, 0.3) is 0 Å². The molecule has 2 aromatic rings. The van der Waals surface area contributed by atoms with Crippen LogP contribution in [0.15, 0.2) is 47.4 Å². The van der Waals surface area contributed by atoms with Crippen molar-refractivity contribution in [2.24, 2.45) is 5.92 Å². The number of nitrogens with one attached hydrogen (secondary N) is 2. The highest BCUT2D eigenvalue weighted by Crippen LogP contribution is 2.50. The summed E-state index contributed by atoms with van der Waals surface area (Å²) in [5.74, 6) is 0.120. The molecule has 0 saturated heterocycles. The zero-order valence-electron chi connectivity index (χ0n) is 20.7. The first-order valence-electron chi connectivity index (χ1n) is 12.5. The third kappa shape index (κ3) is 5.03. The summed E-state index contributed by atoms with van der Waals surface area (Å²) in [6.45, 7) is 2.37. The molecular formula is C26H33N3O5S2. The van der Waals surface area contributed by atoms with Gasteiger partial charge in [0.1, 0.15) is 0 Å². The highest BCUT2D eigenvalue weighted by molar-refractivity contribution is 7.92. The summed E-state index contributed by atoms with van der Waals surface area (Å²) in [6, 6.07) is 11.4. The monoisotopic (exact) mass is 531 g/mol. The lowest BCUT2D eigenvalue weighted by molar-refractivity contribution is 0.0982. The van der Waals surface area contributed by atoms with Gasteiger partial charge in [0.05, 0.1) is 11.2 Å². The van der Waals surface area contributed by atoms with Gasteiger partial charge in [0.2, 0.25) is 20.0 Å². The quantitative estimate of drug-likeness (QED) is 0.561. The lowest BCUT2D eigenvalue weighted by Gasteiger charge is -2.34. The van der Waals surface area contributed by atoms with Crippen LogP contribution in [-0.4, -0.2) is 41.6 Å². The molecular weight excluding hydrogens is 498 g/mol. The van der Waals surface area contributed by atoms with Crippen LogP contribution in [0.1, 0.15) is 67.8 Å². The van der Waals surface area contributed by atoms with E-state index in [0.29, 0.717) is 23.7 Å². The number of sulfonamides is 2. The SMILES string of the molecule is CC(NS(=O)(=O)c1cccc(C(=O)N2CC3(CCCCC3)c3cc(NS(C)(=O)=O)ccc32)c1)C1CC1. The van der Waals surface area contributed by atoms with Crippen LogP contribution in [0.3, 0.4) is 0 Å². The van der Waals surface area contributed by atoms with E-state index in [1.165, 1.54) is 12.1 Å². The number of benzene rings is 2. The molecule has 0 radical (unpaired) electrons. The smallest absolute Gasteiger partial charge is 0.258 e. The second-order valence-electron chi connectivity index (χ2n) is 10.6. The number of amides is 1. The van der Waals surface area contributed by atoms with Gasteiger partial charge in [-0.2, -0.15) is 0 Å². The minimum absolute atomic E-state index is 0.0837. The van der Waals surface area contributed by atoms with Gasteiger partial charge in [0.15, 0.2) is 0 Å². The summed E-state index contributed by atoms with van der Waals surface area (Å²) in [5.41, 5.74) is 2.31. The van der Waals surface area contributed by atoms with Crippen molar-refractivity contribution in [3.8, 4) is 0 Å². The molecule has 10 heteroatoms. The molecule has 8 nitrogen and oxygen atoms in total. The summed E-state index contributed by atoms with van der Waals surface area (Å²) >= 11 is 0. The zero-order chi connectivity index (χ0) is 25.7. The lowest BCUT2D eigenvalue weighted by atomic mass is 9.70. The maximum Gasteiger partial charge on any atom is 0.258 e. The van der Waals surface area contributed by atoms with Crippen molar-refractivity contribution >= 4 is 37.3 Å². The maximum absolute atomic E-state index is 13.8. The van der Waals surface area contributed by atoms with Crippen LogP contribution < -0.4 is 14.3 Å². The summed E-state index contributed by atoms with van der Waals surface area (Å²) in [4.78, 5) is 15.6. The van der Waals surface area contributed by atoms with Crippen molar-refractivity contribution in [3.63, 3.8) is 0 Å². The van der Waals surface area contributed by atoms with E-state index in [1.807, 2.05) is 13.0 Å². The zero-order valence-corrected chi connectivity index (χ0v) is 22.3. The second kappa shape index (κ2) is 9.15. The third-order valence-corrected chi connectivity index (χ3v) is 9.90. The molecule has 3 aliphatic rings. The van der Waals surface area contributed by atoms with Crippen LogP contribution >= 0.6 is 0 Å². The first kappa shape index (κ1) is 25.2. The van der Waals surface area contributed by atoms with E-state index in [2.05, 4.69) is 9.44 Å². The molecule has 2 aromatic carbocycles. The van der Waals surface area contributed by atoms with Crippen molar-refractivity contribution in [2.75, 3.05) is 22.4 Å². The van der Waals surface area contributed by atoms with Crippen LogP contribution in [0.4, 0.5) is 11.4 Å². The Labute approximate surface area is 213 Å². The molecule has 1 heterocycles. The molecule has 1 amide bonds. The Morgan fingerprint density at radius 1 is 1.03 bits per heavy atom. The molecule has 36 heavy (non-hydrogen) atoms. The summed E-state index contributed by atoms with van der Waals surface area (Å²) in [5, 5.41) is 0. The molecule has 0 aromatic heterocycles. The van der Waals surface area contributed by atoms with Crippen LogP contribution in [-0.2, 0) is 25.5 Å². The van der Waals surface area contributed by atoms with Crippen molar-refractivity contribution in [1.82, 2.24) is 4.72 Å². The van der Waals surface area contributed by atoms with E-state index < -0.39 is 20.0 Å². The average Bonchev–Trinajstić information content (AvgIpc) is 3.64. The van der Waals surface area contributed by atoms with Crippen molar-refractivity contribution < 1.29 is 21.6 Å². The van der Waals surface area contributed by atoms with Crippen molar-refractivity contribution in [2.45, 2.75) is 68.2 Å². The molecule has 1 atom stereocenters. The second-order valence-corrected chi connectivity index (χ2v) is 14.1. The van der Waals surface area contributed by atoms with E-state index >= 15 is 0 Å². The summed E-state index contributed by atoms with van der Waals surface area (Å²) in [7, 11) is -7.17. The average molecular weight is 532 g/mol. The van der Waals surface area contributed by atoms with Crippen LogP contribution in [0.2, 0.25) is 0 Å². The van der Waals surface area contributed by atoms with E-state index in [-0.39, 0.29) is 22.3 Å². The number of rotatable bonds is 7. The molecule has 0 bridgehead atoms. The van der Waals surface area contributed by atoms with Crippen molar-refractivity contribution in [1.29, 1.82) is 0 Å². The molecule has 2 saturated carbocycles. The Morgan fingerprint density at radius 3 is 2.42 bits per heavy atom. The van der Waals surface area contributed by atoms with Crippen LogP contribution in [0.5, 0.6) is 0 Å². The van der Waals surface area contributed by atoms with E-state index in [1.54, 1.807) is 29.2 Å². The minimum Gasteiger partial charge on any atom is -0.307 e. The Balaban J connectivity index is 1.47. The topological polar surface area (TPSA) is 113 Å². The number of anilines is 2. The fraction of sp³-hybridized carbons (Fsp3) is 0.500. The van der Waals surface area contributed by atoms with Gasteiger partial charge in [-0.05, 0) is 80.5 Å². The molecule has 1 spiro atoms. The normalized spacial score (nSPS) is 20.2. The predicted molar refractivity (Wildman–Crippen MR) is 140 cm³/mol. The van der Waals surface area contributed by atoms with Gasteiger partial charge in [0, 0.05) is 34.9 Å². The standard InChI is InChI=1S/C26H33N3O5S2/c1-18(19-9-10-19)27-36(33,34)22-8-6-7-20(15-22)25(30)29-17-26(13-4-3-5-14-26)23-16-21(11-12-24(23)29)28-35(2,31)32/h6-8,11-12,15-16,18-19,27-28H,3-5,9-10,13-14,17H2,1-2H3. The van der Waals surface area contributed by atoms with Gasteiger partial charge in [-0.1, -0.05) is 25.3 Å². The van der Waals surface area contributed by atoms with E-state index in [4.69, 9.17) is 0 Å². The van der Waals surface area contributed by atoms with Gasteiger partial charge < -0.3 is 4.90 Å². The number of fused-ring (bicyclic) bond motifs is 2. The fourth-order valence-electron chi connectivity index (χ4n) is 5.74. The van der Waals surface area contributed by atoms with E-state index in [0.717, 1.165) is 62.5 Å². The lowest BCUT2D eigenvalue weighted by Crippen LogP contribution is -2.38. The third-order valence-electron chi connectivity index (χ3n) is 7.74. The number of carbonyl (C=O) groups is 1. The fourth-order valence-corrected chi connectivity index (χ4v) is 7.65. The van der Waals surface area contributed by atoms with Gasteiger partial charge in [0.25, 0.3) is 5.91 Å². The molecule has 2 aliphatic carbocycles. The number of nitrogens with zero attached hydrogens (tertiary/aromatic N) is 1.